The summed E-state index contributed by atoms with van der Waals surface area (Å²) in [5, 5.41) is 7.70. The first-order chi connectivity index (χ1) is 48.3. The highest BCUT2D eigenvalue weighted by Crippen LogP contribution is 2.46. The molecular formula is C92H68B2N4. The fourth-order valence-electron chi connectivity index (χ4n) is 16.7. The van der Waals surface area contributed by atoms with E-state index in [2.05, 4.69) is 387 Å². The van der Waals surface area contributed by atoms with Crippen molar-refractivity contribution in [2.75, 3.05) is 19.6 Å². The molecule has 462 valence electrons. The Bertz CT molecular complexity index is 4890. The molecule has 6 heteroatoms. The number of hydrogen-bond donors (Lipinski definition) is 0. The molecule has 0 unspecified atom stereocenters. The third kappa shape index (κ3) is 9.69. The van der Waals surface area contributed by atoms with Gasteiger partial charge in [0.25, 0.3) is 0 Å². The number of anilines is 12. The summed E-state index contributed by atoms with van der Waals surface area (Å²) in [4.78, 5) is 9.67. The predicted octanol–water partition coefficient (Wildman–Crippen LogP) is 20.7. The maximum atomic E-state index is 2.48. The molecule has 0 saturated carbocycles. The van der Waals surface area contributed by atoms with Crippen molar-refractivity contribution in [2.45, 2.75) is 27.7 Å². The summed E-state index contributed by atoms with van der Waals surface area (Å²) in [7, 11) is 0. The van der Waals surface area contributed by atoms with Gasteiger partial charge in [0.05, 0.1) is 0 Å². The zero-order valence-electron chi connectivity index (χ0n) is 55.3. The lowest BCUT2D eigenvalue weighted by molar-refractivity contribution is 1.27. The van der Waals surface area contributed by atoms with E-state index in [9.17, 15) is 0 Å². The zero-order valence-corrected chi connectivity index (χ0v) is 55.3. The summed E-state index contributed by atoms with van der Waals surface area (Å²) >= 11 is 0. The zero-order chi connectivity index (χ0) is 65.5. The van der Waals surface area contributed by atoms with E-state index in [4.69, 9.17) is 0 Å². The fourth-order valence-corrected chi connectivity index (χ4v) is 16.7. The Morgan fingerprint density at radius 2 is 0.388 bits per heavy atom. The van der Waals surface area contributed by atoms with E-state index in [-0.39, 0.29) is 13.4 Å². The Labute approximate surface area is 574 Å². The highest BCUT2D eigenvalue weighted by molar-refractivity contribution is 7.02. The molecule has 0 saturated heterocycles. The first-order valence-corrected chi connectivity index (χ1v) is 34.2. The summed E-state index contributed by atoms with van der Waals surface area (Å²) < 4.78 is 0. The smallest absolute Gasteiger partial charge is 0.244 e. The van der Waals surface area contributed by atoms with Gasteiger partial charge in [0.1, 0.15) is 0 Å². The van der Waals surface area contributed by atoms with Crippen molar-refractivity contribution in [1.29, 1.82) is 0 Å². The second-order valence-corrected chi connectivity index (χ2v) is 26.5. The number of rotatable bonds is 14. The number of benzene rings is 16. The van der Waals surface area contributed by atoms with Crippen LogP contribution in [0.5, 0.6) is 0 Å². The normalized spacial score (nSPS) is 12.0. The van der Waals surface area contributed by atoms with Crippen molar-refractivity contribution in [3.63, 3.8) is 0 Å². The van der Waals surface area contributed by atoms with Gasteiger partial charge in [0.2, 0.25) is 13.4 Å². The van der Waals surface area contributed by atoms with Gasteiger partial charge in [0.15, 0.2) is 0 Å². The summed E-state index contributed by atoms with van der Waals surface area (Å²) in [6.07, 6.45) is 0. The quantitative estimate of drug-likeness (QED) is 0.0795. The Morgan fingerprint density at radius 1 is 0.194 bits per heavy atom. The predicted molar refractivity (Wildman–Crippen MR) is 421 cm³/mol. The first-order valence-electron chi connectivity index (χ1n) is 34.2. The van der Waals surface area contributed by atoms with Crippen LogP contribution in [0.1, 0.15) is 22.3 Å². The molecule has 0 radical (unpaired) electrons. The van der Waals surface area contributed by atoms with E-state index in [1.54, 1.807) is 0 Å². The average Bonchev–Trinajstić information content (AvgIpc) is 1.41. The van der Waals surface area contributed by atoms with Gasteiger partial charge in [-0.3, -0.25) is 0 Å². The molecule has 4 nitrogen and oxygen atoms in total. The third-order valence-corrected chi connectivity index (χ3v) is 20.7. The molecule has 2 heterocycles. The summed E-state index contributed by atoms with van der Waals surface area (Å²) in [5.74, 6) is 0. The van der Waals surface area contributed by atoms with E-state index in [0.29, 0.717) is 0 Å². The van der Waals surface area contributed by atoms with E-state index >= 15 is 0 Å². The van der Waals surface area contributed by atoms with Crippen LogP contribution in [0.3, 0.4) is 0 Å². The largest absolute Gasteiger partial charge is 0.310 e. The first kappa shape index (κ1) is 58.5. The standard InChI is InChI=1S/C92H68B2N4/c1-61-53-75(95(67-29-13-5-14-30-67)68-31-15-6-16-32-68)57-81-82-58-76(96(69-33-17-7-18-34-69)70-35-19-8-20-36-70)54-62(2)90(82)93(89(61)81)85-51-47-65-46-50-80-86(52-48-66-45-49-79(85)87(65)88(66)80)94-91-63(3)55-77(97(71-37-21-9-22-38-71)72-39-23-10-24-40-72)59-83(91)84-60-78(56-64(4)92(84)94)98(73-41-25-11-26-42-73)74-43-27-12-28-44-74/h5-60H,1-4H3. The van der Waals surface area contributed by atoms with Crippen LogP contribution < -0.4 is 52.4 Å². The highest BCUT2D eigenvalue weighted by atomic mass is 15.2. The van der Waals surface area contributed by atoms with Crippen LogP contribution in [0.25, 0.3) is 54.6 Å². The van der Waals surface area contributed by atoms with Crippen LogP contribution in [0.4, 0.5) is 68.2 Å². The van der Waals surface area contributed by atoms with Gasteiger partial charge in [-0.05, 0) is 228 Å². The minimum atomic E-state index is -0.0594. The van der Waals surface area contributed by atoms with Crippen molar-refractivity contribution >= 4 is 147 Å². The van der Waals surface area contributed by atoms with Gasteiger partial charge in [-0.2, -0.15) is 0 Å². The number of nitrogens with zero attached hydrogens (tertiary/aromatic N) is 4. The van der Waals surface area contributed by atoms with Crippen molar-refractivity contribution in [3.8, 4) is 22.3 Å². The topological polar surface area (TPSA) is 13.0 Å². The second kappa shape index (κ2) is 24.0. The second-order valence-electron chi connectivity index (χ2n) is 26.5. The Hall–Kier alpha value is -12.1. The lowest BCUT2D eigenvalue weighted by atomic mass is 9.36. The Balaban J connectivity index is 0.853. The van der Waals surface area contributed by atoms with Gasteiger partial charge in [-0.25, -0.2) is 0 Å². The maximum absolute atomic E-state index is 2.48. The molecule has 2 aliphatic rings. The molecule has 18 rings (SSSR count). The SMILES string of the molecule is Cc1cc(N(c2ccccc2)c2ccccc2)cc2c1B(c1ccc3ccc4c(B5c6c(C)cc(N(c7ccccc7)c7ccccc7)cc6-c6cc(N(c7ccccc7)c7ccccc7)cc(C)c65)ccc5ccc1c3c54)c1c(C)cc(N(c3ccccc3)c3ccccc3)cc1-2. The van der Waals surface area contributed by atoms with Gasteiger partial charge in [-0.15, -0.1) is 0 Å². The molecule has 0 amide bonds. The average molecular weight is 1250 g/mol. The molecule has 0 N–H and O–H groups in total. The van der Waals surface area contributed by atoms with Crippen molar-refractivity contribution in [3.05, 3.63) is 362 Å². The van der Waals surface area contributed by atoms with Crippen LogP contribution in [-0.4, -0.2) is 13.4 Å². The van der Waals surface area contributed by atoms with Gasteiger partial charge < -0.3 is 19.6 Å². The maximum Gasteiger partial charge on any atom is 0.244 e. The van der Waals surface area contributed by atoms with Crippen LogP contribution in [0.2, 0.25) is 0 Å². The monoisotopic (exact) mass is 1250 g/mol. The molecule has 16 aromatic carbocycles. The molecule has 0 bridgehead atoms. The van der Waals surface area contributed by atoms with Gasteiger partial charge >= 0.3 is 0 Å². The third-order valence-electron chi connectivity index (χ3n) is 20.7. The minimum absolute atomic E-state index is 0.0594. The molecule has 0 fully saturated rings. The van der Waals surface area contributed by atoms with Gasteiger partial charge in [-0.1, -0.05) is 249 Å². The molecule has 0 atom stereocenters. The number of para-hydroxylation sites is 8. The molecule has 0 aliphatic carbocycles. The van der Waals surface area contributed by atoms with Crippen LogP contribution in [0, 0.1) is 27.7 Å². The van der Waals surface area contributed by atoms with E-state index < -0.39 is 0 Å². The lowest BCUT2D eigenvalue weighted by Crippen LogP contribution is -2.51. The number of aryl methyl sites for hydroxylation is 4. The van der Waals surface area contributed by atoms with Crippen LogP contribution >= 0.6 is 0 Å². The van der Waals surface area contributed by atoms with Crippen molar-refractivity contribution in [1.82, 2.24) is 0 Å². The summed E-state index contributed by atoms with van der Waals surface area (Å²) in [6, 6.07) is 126. The number of hydrogen-bond acceptors (Lipinski definition) is 4. The van der Waals surface area contributed by atoms with E-state index in [1.807, 2.05) is 0 Å². The molecule has 0 spiro atoms. The van der Waals surface area contributed by atoms with Gasteiger partial charge in [0, 0.05) is 68.2 Å². The highest BCUT2D eigenvalue weighted by Gasteiger charge is 2.41. The molecule has 2 aliphatic heterocycles. The Kier molecular flexibility index (Phi) is 14.3. The van der Waals surface area contributed by atoms with Crippen LogP contribution in [0.15, 0.2) is 340 Å². The molecule has 0 aromatic heterocycles. The molecule has 16 aromatic rings. The number of fused-ring (bicyclic) bond motifs is 6. The minimum Gasteiger partial charge on any atom is -0.310 e. The van der Waals surface area contributed by atoms with Crippen molar-refractivity contribution in [2.24, 2.45) is 0 Å². The van der Waals surface area contributed by atoms with E-state index in [0.717, 1.165) is 68.2 Å². The molecular weight excluding hydrogens is 1180 g/mol. The fraction of sp³-hybridized carbons (Fsp3) is 0.0435. The summed E-state index contributed by atoms with van der Waals surface area (Å²) in [6.45, 7) is 9.28. The lowest BCUT2D eigenvalue weighted by Gasteiger charge is -2.27. The van der Waals surface area contributed by atoms with E-state index in [1.165, 1.54) is 110 Å². The molecule has 98 heavy (non-hydrogen) atoms. The summed E-state index contributed by atoms with van der Waals surface area (Å²) in [5.41, 5.74) is 31.6. The van der Waals surface area contributed by atoms with Crippen molar-refractivity contribution < 1.29 is 0 Å². The van der Waals surface area contributed by atoms with Crippen LogP contribution in [-0.2, 0) is 0 Å². The Morgan fingerprint density at radius 3 is 0.592 bits per heavy atom.